The van der Waals surface area contributed by atoms with Gasteiger partial charge in [0, 0.05) is 13.5 Å². The number of likely N-dealkylation sites (tertiary alicyclic amines) is 1. The minimum atomic E-state index is -0.104. The third-order valence-corrected chi connectivity index (χ3v) is 5.14. The maximum absolute atomic E-state index is 12.8. The molecule has 0 unspecified atom stereocenters. The fraction of sp³-hybridized carbons (Fsp3) is 0.412. The van der Waals surface area contributed by atoms with Crippen LogP contribution in [0.3, 0.4) is 0 Å². The molecular weight excluding hydrogens is 324 g/mol. The van der Waals surface area contributed by atoms with Crippen LogP contribution in [0.25, 0.3) is 0 Å². The first-order valence-corrected chi connectivity index (χ1v) is 8.84. The van der Waals surface area contributed by atoms with E-state index in [2.05, 4.69) is 15.3 Å². The smallest absolute Gasteiger partial charge is 0.264 e. The Kier molecular flexibility index (Phi) is 4.89. The number of hydrogen-bond acceptors (Lipinski definition) is 5. The third kappa shape index (κ3) is 3.46. The number of hydrogen-bond donors (Lipinski definition) is 1. The highest BCUT2D eigenvalue weighted by molar-refractivity contribution is 7.12. The molecule has 1 aliphatic heterocycles. The van der Waals surface area contributed by atoms with E-state index in [9.17, 15) is 9.59 Å². The van der Waals surface area contributed by atoms with Crippen LogP contribution < -0.4 is 5.32 Å². The van der Waals surface area contributed by atoms with Gasteiger partial charge in [-0.2, -0.15) is 0 Å². The monoisotopic (exact) mass is 344 g/mol. The summed E-state index contributed by atoms with van der Waals surface area (Å²) < 4.78 is 0. The van der Waals surface area contributed by atoms with Gasteiger partial charge in [-0.05, 0) is 36.8 Å². The molecule has 1 fully saturated rings. The lowest BCUT2D eigenvalue weighted by Gasteiger charge is -2.24. The van der Waals surface area contributed by atoms with Crippen molar-refractivity contribution in [2.75, 3.05) is 6.54 Å². The SMILES string of the molecule is CC(=O)NCc1cncc([C@H]2CCCN2C(=O)c2sccc2C)n1. The maximum atomic E-state index is 12.8. The molecule has 3 rings (SSSR count). The molecule has 0 aliphatic carbocycles. The number of carbonyl (C=O) groups is 2. The minimum absolute atomic E-state index is 0.0521. The van der Waals surface area contributed by atoms with Gasteiger partial charge in [0.25, 0.3) is 5.91 Å². The molecule has 1 saturated heterocycles. The standard InChI is InChI=1S/C17H20N4O2S/c1-11-5-7-24-16(11)17(23)21-6-3-4-15(21)14-10-18-8-13(20-14)9-19-12(2)22/h5,7-8,10,15H,3-4,6,9H2,1-2H3,(H,19,22)/t15-/m1/s1. The molecule has 2 aromatic heterocycles. The zero-order chi connectivity index (χ0) is 17.1. The Morgan fingerprint density at radius 3 is 2.96 bits per heavy atom. The molecule has 1 aliphatic rings. The fourth-order valence-corrected chi connectivity index (χ4v) is 3.80. The Balaban J connectivity index is 1.80. The highest BCUT2D eigenvalue weighted by atomic mass is 32.1. The summed E-state index contributed by atoms with van der Waals surface area (Å²) in [6, 6.07) is 1.92. The highest BCUT2D eigenvalue weighted by Gasteiger charge is 2.32. The number of nitrogens with zero attached hydrogens (tertiary/aromatic N) is 3. The van der Waals surface area contributed by atoms with E-state index in [-0.39, 0.29) is 17.9 Å². The highest BCUT2D eigenvalue weighted by Crippen LogP contribution is 2.33. The molecule has 2 amide bonds. The second-order valence-electron chi connectivity index (χ2n) is 5.93. The third-order valence-electron chi connectivity index (χ3n) is 4.13. The number of aromatic nitrogens is 2. The molecule has 0 radical (unpaired) electrons. The Labute approximate surface area is 144 Å². The van der Waals surface area contributed by atoms with Gasteiger partial charge in [0.2, 0.25) is 5.91 Å². The van der Waals surface area contributed by atoms with Crippen LogP contribution in [0, 0.1) is 6.92 Å². The molecule has 1 atom stereocenters. The van der Waals surface area contributed by atoms with E-state index >= 15 is 0 Å². The predicted molar refractivity (Wildman–Crippen MR) is 91.6 cm³/mol. The number of thiophene rings is 1. The first kappa shape index (κ1) is 16.6. The quantitative estimate of drug-likeness (QED) is 0.924. The minimum Gasteiger partial charge on any atom is -0.351 e. The van der Waals surface area contributed by atoms with Gasteiger partial charge in [-0.1, -0.05) is 0 Å². The Morgan fingerprint density at radius 2 is 2.25 bits per heavy atom. The van der Waals surface area contributed by atoms with Crippen molar-refractivity contribution in [3.63, 3.8) is 0 Å². The van der Waals surface area contributed by atoms with Crippen LogP contribution in [0.15, 0.2) is 23.8 Å². The Morgan fingerprint density at radius 1 is 1.42 bits per heavy atom. The van der Waals surface area contributed by atoms with E-state index in [0.717, 1.165) is 35.5 Å². The van der Waals surface area contributed by atoms with Crippen LogP contribution in [0.5, 0.6) is 0 Å². The van der Waals surface area contributed by atoms with Gasteiger partial charge in [-0.3, -0.25) is 19.6 Å². The summed E-state index contributed by atoms with van der Waals surface area (Å²) in [6.07, 6.45) is 5.20. The van der Waals surface area contributed by atoms with Gasteiger partial charge < -0.3 is 10.2 Å². The maximum Gasteiger partial charge on any atom is 0.264 e. The van der Waals surface area contributed by atoms with Crippen molar-refractivity contribution in [1.29, 1.82) is 0 Å². The lowest BCUT2D eigenvalue weighted by molar-refractivity contribution is -0.119. The first-order valence-electron chi connectivity index (χ1n) is 7.96. The molecule has 6 nitrogen and oxygen atoms in total. The Bertz CT molecular complexity index is 759. The van der Waals surface area contributed by atoms with Gasteiger partial charge in [0.1, 0.15) is 0 Å². The summed E-state index contributed by atoms with van der Waals surface area (Å²) in [4.78, 5) is 35.4. The number of nitrogens with one attached hydrogen (secondary N) is 1. The topological polar surface area (TPSA) is 75.2 Å². The van der Waals surface area contributed by atoms with Crippen LogP contribution in [0.2, 0.25) is 0 Å². The van der Waals surface area contributed by atoms with Crippen molar-refractivity contribution in [3.05, 3.63) is 45.7 Å². The Hall–Kier alpha value is -2.28. The van der Waals surface area contributed by atoms with E-state index in [1.54, 1.807) is 12.4 Å². The molecule has 3 heterocycles. The molecule has 7 heteroatoms. The normalized spacial score (nSPS) is 17.1. The van der Waals surface area contributed by atoms with Crippen molar-refractivity contribution in [3.8, 4) is 0 Å². The van der Waals surface area contributed by atoms with E-state index in [1.807, 2.05) is 23.3 Å². The second kappa shape index (κ2) is 7.09. The average molecular weight is 344 g/mol. The summed E-state index contributed by atoms with van der Waals surface area (Å²) in [5.41, 5.74) is 2.51. The predicted octanol–water partition coefficient (Wildman–Crippen LogP) is 2.46. The molecule has 24 heavy (non-hydrogen) atoms. The van der Waals surface area contributed by atoms with E-state index in [4.69, 9.17) is 0 Å². The molecule has 0 saturated carbocycles. The van der Waals surface area contributed by atoms with E-state index in [1.165, 1.54) is 18.3 Å². The van der Waals surface area contributed by atoms with Crippen LogP contribution in [0.4, 0.5) is 0 Å². The lowest BCUT2D eigenvalue weighted by atomic mass is 10.1. The van der Waals surface area contributed by atoms with Gasteiger partial charge in [0.15, 0.2) is 0 Å². The van der Waals surface area contributed by atoms with Gasteiger partial charge >= 0.3 is 0 Å². The molecule has 0 bridgehead atoms. The number of rotatable bonds is 4. The van der Waals surface area contributed by atoms with Crippen molar-refractivity contribution in [2.45, 2.75) is 39.3 Å². The zero-order valence-corrected chi connectivity index (χ0v) is 14.6. The molecule has 2 aromatic rings. The van der Waals surface area contributed by atoms with Gasteiger partial charge in [0.05, 0.1) is 41.2 Å². The summed E-state index contributed by atoms with van der Waals surface area (Å²) in [7, 11) is 0. The number of amides is 2. The van der Waals surface area contributed by atoms with Crippen molar-refractivity contribution >= 4 is 23.2 Å². The van der Waals surface area contributed by atoms with Crippen LogP contribution >= 0.6 is 11.3 Å². The van der Waals surface area contributed by atoms with Crippen molar-refractivity contribution in [1.82, 2.24) is 20.2 Å². The largest absolute Gasteiger partial charge is 0.351 e. The molecule has 1 N–H and O–H groups in total. The lowest BCUT2D eigenvalue weighted by Crippen LogP contribution is -2.31. The molecule has 0 spiro atoms. The summed E-state index contributed by atoms with van der Waals surface area (Å²) >= 11 is 1.48. The molecular formula is C17H20N4O2S. The average Bonchev–Trinajstić information content (AvgIpc) is 3.21. The van der Waals surface area contributed by atoms with Crippen LogP contribution in [-0.4, -0.2) is 33.2 Å². The summed E-state index contributed by atoms with van der Waals surface area (Å²) in [5.74, 6) is -0.0351. The second-order valence-corrected chi connectivity index (χ2v) is 6.85. The van der Waals surface area contributed by atoms with Crippen molar-refractivity contribution < 1.29 is 9.59 Å². The van der Waals surface area contributed by atoms with Crippen molar-refractivity contribution in [2.24, 2.45) is 0 Å². The van der Waals surface area contributed by atoms with E-state index < -0.39 is 0 Å². The first-order chi connectivity index (χ1) is 11.6. The molecule has 0 aromatic carbocycles. The van der Waals surface area contributed by atoms with Crippen LogP contribution in [0.1, 0.15) is 52.4 Å². The van der Waals surface area contributed by atoms with Gasteiger partial charge in [-0.25, -0.2) is 0 Å². The van der Waals surface area contributed by atoms with E-state index in [0.29, 0.717) is 12.2 Å². The zero-order valence-electron chi connectivity index (χ0n) is 13.8. The number of aryl methyl sites for hydroxylation is 1. The summed E-state index contributed by atoms with van der Waals surface area (Å²) in [6.45, 7) is 4.51. The fourth-order valence-electron chi connectivity index (χ4n) is 2.92. The number of carbonyl (C=O) groups excluding carboxylic acids is 2. The summed E-state index contributed by atoms with van der Waals surface area (Å²) in [5, 5.41) is 4.67. The van der Waals surface area contributed by atoms with Crippen LogP contribution in [-0.2, 0) is 11.3 Å². The molecule has 126 valence electrons. The van der Waals surface area contributed by atoms with Gasteiger partial charge in [-0.15, -0.1) is 11.3 Å².